The Labute approximate surface area is 175 Å². The minimum Gasteiger partial charge on any atom is -0.508 e. The highest BCUT2D eigenvalue weighted by atomic mass is 32.2. The number of phenols is 1. The number of amides is 1. The van der Waals surface area contributed by atoms with Crippen LogP contribution < -0.4 is 10.0 Å². The van der Waals surface area contributed by atoms with Gasteiger partial charge in [0.2, 0.25) is 15.9 Å². The van der Waals surface area contributed by atoms with Gasteiger partial charge in [0.1, 0.15) is 11.8 Å². The molecule has 0 aliphatic carbocycles. The molecule has 4 N–H and O–H groups in total. The van der Waals surface area contributed by atoms with Crippen molar-refractivity contribution in [1.82, 2.24) is 10.0 Å². The molecule has 0 fully saturated rings. The van der Waals surface area contributed by atoms with E-state index >= 15 is 0 Å². The van der Waals surface area contributed by atoms with Crippen molar-refractivity contribution in [3.63, 3.8) is 0 Å². The monoisotopic (exact) mass is 426 g/mol. The van der Waals surface area contributed by atoms with Crippen LogP contribution in [-0.2, 0) is 14.8 Å². The molecule has 30 heavy (non-hydrogen) atoms. The molecule has 3 aromatic carbocycles. The third-order valence-corrected chi connectivity index (χ3v) is 5.89. The first kappa shape index (κ1) is 21.5. The predicted octanol–water partition coefficient (Wildman–Crippen LogP) is 2.26. The fourth-order valence-corrected chi connectivity index (χ4v) is 4.10. The average molecular weight is 426 g/mol. The van der Waals surface area contributed by atoms with Crippen molar-refractivity contribution < 1.29 is 23.4 Å². The van der Waals surface area contributed by atoms with Crippen LogP contribution >= 0.6 is 0 Å². The topological polar surface area (TPSA) is 116 Å². The molecule has 3 aromatic rings. The molecule has 0 saturated carbocycles. The Morgan fingerprint density at radius 2 is 1.47 bits per heavy atom. The molecule has 2 unspecified atom stereocenters. The average Bonchev–Trinajstić information content (AvgIpc) is 2.77. The number of rotatable bonds is 8. The van der Waals surface area contributed by atoms with Crippen LogP contribution in [0.2, 0.25) is 0 Å². The van der Waals surface area contributed by atoms with Gasteiger partial charge >= 0.3 is 0 Å². The largest absolute Gasteiger partial charge is 0.508 e. The fourth-order valence-electron chi connectivity index (χ4n) is 2.89. The third kappa shape index (κ3) is 5.44. The van der Waals surface area contributed by atoms with Crippen molar-refractivity contribution in [2.24, 2.45) is 0 Å². The molecule has 7 nitrogen and oxygen atoms in total. The minimum atomic E-state index is -3.96. The summed E-state index contributed by atoms with van der Waals surface area (Å²) in [5, 5.41) is 22.4. The number of carbonyl (C=O) groups excluding carboxylic acids is 1. The number of hydrogen-bond acceptors (Lipinski definition) is 5. The van der Waals surface area contributed by atoms with E-state index in [-0.39, 0.29) is 17.2 Å². The zero-order valence-electron chi connectivity index (χ0n) is 16.0. The van der Waals surface area contributed by atoms with Gasteiger partial charge in [-0.2, -0.15) is 4.72 Å². The quantitative estimate of drug-likeness (QED) is 0.441. The Morgan fingerprint density at radius 1 is 0.867 bits per heavy atom. The summed E-state index contributed by atoms with van der Waals surface area (Å²) >= 11 is 0. The van der Waals surface area contributed by atoms with Gasteiger partial charge in [-0.15, -0.1) is 0 Å². The Kier molecular flexibility index (Phi) is 6.83. The van der Waals surface area contributed by atoms with E-state index in [0.717, 1.165) is 0 Å². The summed E-state index contributed by atoms with van der Waals surface area (Å²) in [6.07, 6.45) is -1.07. The molecule has 0 aliphatic heterocycles. The number of sulfonamides is 1. The zero-order valence-corrected chi connectivity index (χ0v) is 16.8. The van der Waals surface area contributed by atoms with Crippen LogP contribution in [0.3, 0.4) is 0 Å². The van der Waals surface area contributed by atoms with Crippen LogP contribution in [-0.4, -0.2) is 31.1 Å². The number of aliphatic hydroxyl groups is 1. The van der Waals surface area contributed by atoms with Crippen molar-refractivity contribution in [2.45, 2.75) is 17.0 Å². The number of benzene rings is 3. The van der Waals surface area contributed by atoms with Crippen molar-refractivity contribution in [1.29, 1.82) is 0 Å². The van der Waals surface area contributed by atoms with Gasteiger partial charge in [0, 0.05) is 6.54 Å². The number of nitrogens with one attached hydrogen (secondary N) is 2. The molecule has 0 aromatic heterocycles. The maximum absolute atomic E-state index is 12.9. The van der Waals surface area contributed by atoms with E-state index < -0.39 is 28.1 Å². The summed E-state index contributed by atoms with van der Waals surface area (Å²) in [6, 6.07) is 21.1. The normalized spacial score (nSPS) is 13.4. The summed E-state index contributed by atoms with van der Waals surface area (Å²) < 4.78 is 27.9. The zero-order chi connectivity index (χ0) is 21.6. The van der Waals surface area contributed by atoms with Crippen molar-refractivity contribution in [3.8, 4) is 5.75 Å². The highest BCUT2D eigenvalue weighted by molar-refractivity contribution is 7.89. The first-order valence-corrected chi connectivity index (χ1v) is 10.7. The second-order valence-corrected chi connectivity index (χ2v) is 8.35. The molecule has 3 rings (SSSR count). The van der Waals surface area contributed by atoms with Gasteiger partial charge in [-0.1, -0.05) is 60.7 Å². The highest BCUT2D eigenvalue weighted by Crippen LogP contribution is 2.20. The van der Waals surface area contributed by atoms with E-state index in [1.54, 1.807) is 60.7 Å². The molecule has 0 aliphatic rings. The number of aliphatic hydroxyl groups excluding tert-OH is 1. The predicted molar refractivity (Wildman–Crippen MR) is 112 cm³/mol. The van der Waals surface area contributed by atoms with E-state index in [0.29, 0.717) is 11.1 Å². The highest BCUT2D eigenvalue weighted by Gasteiger charge is 2.27. The maximum atomic E-state index is 12.9. The lowest BCUT2D eigenvalue weighted by molar-refractivity contribution is -0.123. The lowest BCUT2D eigenvalue weighted by Gasteiger charge is -2.20. The Balaban J connectivity index is 1.78. The van der Waals surface area contributed by atoms with E-state index in [2.05, 4.69) is 10.0 Å². The first-order valence-electron chi connectivity index (χ1n) is 9.24. The van der Waals surface area contributed by atoms with Gasteiger partial charge in [-0.3, -0.25) is 4.79 Å². The van der Waals surface area contributed by atoms with Crippen LogP contribution in [0.25, 0.3) is 0 Å². The Bertz CT molecular complexity index is 1090. The van der Waals surface area contributed by atoms with Crippen molar-refractivity contribution in [2.75, 3.05) is 6.54 Å². The molecular formula is C22H22N2O5S. The van der Waals surface area contributed by atoms with Crippen LogP contribution in [0.4, 0.5) is 0 Å². The second kappa shape index (κ2) is 9.53. The minimum absolute atomic E-state index is 0.00402. The van der Waals surface area contributed by atoms with E-state index in [9.17, 15) is 23.4 Å². The Hall–Kier alpha value is -3.20. The van der Waals surface area contributed by atoms with E-state index in [1.165, 1.54) is 24.3 Å². The summed E-state index contributed by atoms with van der Waals surface area (Å²) in [4.78, 5) is 12.9. The van der Waals surface area contributed by atoms with Gasteiger partial charge in [0.15, 0.2) is 0 Å². The fraction of sp³-hybridized carbons (Fsp3) is 0.136. The van der Waals surface area contributed by atoms with Crippen molar-refractivity contribution in [3.05, 3.63) is 96.1 Å². The summed E-state index contributed by atoms with van der Waals surface area (Å²) in [7, 11) is -3.96. The summed E-state index contributed by atoms with van der Waals surface area (Å²) in [5.41, 5.74) is 0.887. The SMILES string of the molecule is O=C(NCC(O)c1cccc(O)c1)C(NS(=O)(=O)c1ccccc1)c1ccccc1. The number of carbonyl (C=O) groups is 1. The Morgan fingerprint density at radius 3 is 2.10 bits per heavy atom. The number of hydrogen-bond donors (Lipinski definition) is 4. The molecule has 0 spiro atoms. The standard InChI is InChI=1S/C22H22N2O5S/c25-18-11-7-10-17(14-18)20(26)15-23-22(27)21(16-8-3-1-4-9-16)24-30(28,29)19-12-5-2-6-13-19/h1-14,20-21,24-26H,15H2,(H,23,27). The number of aromatic hydroxyl groups is 1. The molecule has 0 bridgehead atoms. The van der Waals surface area contributed by atoms with E-state index in [4.69, 9.17) is 0 Å². The molecular weight excluding hydrogens is 404 g/mol. The lowest BCUT2D eigenvalue weighted by Crippen LogP contribution is -2.41. The third-order valence-electron chi connectivity index (χ3n) is 4.45. The molecule has 0 saturated heterocycles. The summed E-state index contributed by atoms with van der Waals surface area (Å²) in [6.45, 7) is -0.154. The van der Waals surface area contributed by atoms with Crippen LogP contribution in [0.1, 0.15) is 23.3 Å². The molecule has 156 valence electrons. The smallest absolute Gasteiger partial charge is 0.242 e. The second-order valence-electron chi connectivity index (χ2n) is 6.63. The summed E-state index contributed by atoms with van der Waals surface area (Å²) in [5.74, 6) is -0.615. The number of phenolic OH excluding ortho intramolecular Hbond substituents is 1. The van der Waals surface area contributed by atoms with E-state index in [1.807, 2.05) is 0 Å². The van der Waals surface area contributed by atoms with Gasteiger partial charge in [0.05, 0.1) is 11.0 Å². The molecule has 1 amide bonds. The molecule has 0 radical (unpaired) electrons. The maximum Gasteiger partial charge on any atom is 0.242 e. The van der Waals surface area contributed by atoms with Crippen LogP contribution in [0.15, 0.2) is 89.8 Å². The van der Waals surface area contributed by atoms with Gasteiger partial charge in [0.25, 0.3) is 0 Å². The van der Waals surface area contributed by atoms with Gasteiger partial charge < -0.3 is 15.5 Å². The van der Waals surface area contributed by atoms with Gasteiger partial charge in [-0.25, -0.2) is 8.42 Å². The van der Waals surface area contributed by atoms with Crippen molar-refractivity contribution >= 4 is 15.9 Å². The van der Waals surface area contributed by atoms with Crippen LogP contribution in [0.5, 0.6) is 5.75 Å². The van der Waals surface area contributed by atoms with Crippen LogP contribution in [0, 0.1) is 0 Å². The molecule has 0 heterocycles. The van der Waals surface area contributed by atoms with Gasteiger partial charge in [-0.05, 0) is 35.4 Å². The lowest BCUT2D eigenvalue weighted by atomic mass is 10.1. The molecule has 2 atom stereocenters. The molecule has 8 heteroatoms. The first-order chi connectivity index (χ1) is 14.4.